The number of hydrogen-bond acceptors (Lipinski definition) is 6. The van der Waals surface area contributed by atoms with Crippen LogP contribution in [-0.2, 0) is 6.42 Å². The van der Waals surface area contributed by atoms with E-state index in [0.717, 1.165) is 17.9 Å². The number of aryl methyl sites for hydroxylation is 1. The highest BCUT2D eigenvalue weighted by Crippen LogP contribution is 2.07. The number of anilines is 1. The van der Waals surface area contributed by atoms with Crippen molar-refractivity contribution >= 4 is 17.7 Å². The molecule has 2 N–H and O–H groups in total. The maximum absolute atomic E-state index is 5.49. The lowest BCUT2D eigenvalue weighted by Gasteiger charge is -2.02. The SMILES string of the molecule is CCSCCc1nc(N)nc(OC)n1. The molecule has 0 aliphatic carbocycles. The molecule has 0 atom stereocenters. The van der Waals surface area contributed by atoms with Crippen molar-refractivity contribution in [2.45, 2.75) is 13.3 Å². The van der Waals surface area contributed by atoms with Crippen LogP contribution in [0.4, 0.5) is 5.95 Å². The summed E-state index contributed by atoms with van der Waals surface area (Å²) < 4.78 is 4.89. The van der Waals surface area contributed by atoms with E-state index in [-0.39, 0.29) is 12.0 Å². The predicted molar refractivity (Wildman–Crippen MR) is 57.5 cm³/mol. The van der Waals surface area contributed by atoms with Gasteiger partial charge in [0.25, 0.3) is 0 Å². The zero-order valence-corrected chi connectivity index (χ0v) is 9.17. The Morgan fingerprint density at radius 1 is 1.36 bits per heavy atom. The molecule has 0 radical (unpaired) electrons. The van der Waals surface area contributed by atoms with Crippen molar-refractivity contribution in [1.29, 1.82) is 0 Å². The molecule has 14 heavy (non-hydrogen) atoms. The number of methoxy groups -OCH3 is 1. The van der Waals surface area contributed by atoms with Crippen LogP contribution in [0.1, 0.15) is 12.7 Å². The van der Waals surface area contributed by atoms with Crippen LogP contribution in [0.15, 0.2) is 0 Å². The number of aromatic nitrogens is 3. The molecule has 0 aromatic carbocycles. The van der Waals surface area contributed by atoms with Gasteiger partial charge in [-0.15, -0.1) is 0 Å². The van der Waals surface area contributed by atoms with Crippen molar-refractivity contribution in [2.75, 3.05) is 24.3 Å². The topological polar surface area (TPSA) is 73.9 Å². The van der Waals surface area contributed by atoms with Crippen molar-refractivity contribution in [3.63, 3.8) is 0 Å². The van der Waals surface area contributed by atoms with Crippen molar-refractivity contribution < 1.29 is 4.74 Å². The number of nitrogens with two attached hydrogens (primary N) is 1. The van der Waals surface area contributed by atoms with Crippen LogP contribution in [0.5, 0.6) is 6.01 Å². The number of nitrogens with zero attached hydrogens (tertiary/aromatic N) is 3. The second-order valence-electron chi connectivity index (χ2n) is 2.54. The Balaban J connectivity index is 2.62. The van der Waals surface area contributed by atoms with Crippen molar-refractivity contribution in [1.82, 2.24) is 15.0 Å². The van der Waals surface area contributed by atoms with Gasteiger partial charge < -0.3 is 10.5 Å². The molecule has 1 rings (SSSR count). The van der Waals surface area contributed by atoms with Gasteiger partial charge in [0, 0.05) is 12.2 Å². The Labute approximate surface area is 87.5 Å². The van der Waals surface area contributed by atoms with Crippen molar-refractivity contribution in [2.24, 2.45) is 0 Å². The molecule has 0 amide bonds. The van der Waals surface area contributed by atoms with Gasteiger partial charge in [-0.2, -0.15) is 26.7 Å². The molecule has 1 heterocycles. The second kappa shape index (κ2) is 5.64. The minimum absolute atomic E-state index is 0.216. The summed E-state index contributed by atoms with van der Waals surface area (Å²) in [4.78, 5) is 11.9. The molecule has 6 heteroatoms. The summed E-state index contributed by atoms with van der Waals surface area (Å²) in [5, 5.41) is 0. The van der Waals surface area contributed by atoms with E-state index in [1.807, 2.05) is 11.8 Å². The Morgan fingerprint density at radius 3 is 2.79 bits per heavy atom. The average Bonchev–Trinajstić information content (AvgIpc) is 2.17. The average molecular weight is 214 g/mol. The van der Waals surface area contributed by atoms with Crippen molar-refractivity contribution in [3.8, 4) is 6.01 Å². The van der Waals surface area contributed by atoms with Crippen LogP contribution in [0.3, 0.4) is 0 Å². The van der Waals surface area contributed by atoms with Crippen molar-refractivity contribution in [3.05, 3.63) is 5.82 Å². The first-order valence-corrected chi connectivity index (χ1v) is 5.54. The lowest BCUT2D eigenvalue weighted by Crippen LogP contribution is -2.06. The van der Waals surface area contributed by atoms with Crippen LogP contribution >= 0.6 is 11.8 Å². The van der Waals surface area contributed by atoms with Gasteiger partial charge in [0.1, 0.15) is 5.82 Å². The molecule has 0 spiro atoms. The van der Waals surface area contributed by atoms with Gasteiger partial charge in [-0.05, 0) is 5.75 Å². The van der Waals surface area contributed by atoms with Crippen LogP contribution in [-0.4, -0.2) is 33.6 Å². The quantitative estimate of drug-likeness (QED) is 0.729. The van der Waals surface area contributed by atoms with Crippen LogP contribution in [0.2, 0.25) is 0 Å². The van der Waals surface area contributed by atoms with Gasteiger partial charge in [-0.25, -0.2) is 0 Å². The Bertz CT molecular complexity index is 295. The van der Waals surface area contributed by atoms with Gasteiger partial charge in [-0.1, -0.05) is 6.92 Å². The third-order valence-corrected chi connectivity index (χ3v) is 2.44. The normalized spacial score (nSPS) is 10.1. The van der Waals surface area contributed by atoms with E-state index in [0.29, 0.717) is 5.82 Å². The van der Waals surface area contributed by atoms with E-state index in [4.69, 9.17) is 10.5 Å². The van der Waals surface area contributed by atoms with Gasteiger partial charge in [0.15, 0.2) is 0 Å². The summed E-state index contributed by atoms with van der Waals surface area (Å²) in [6.45, 7) is 2.12. The number of ether oxygens (including phenoxy) is 1. The first-order chi connectivity index (χ1) is 6.76. The van der Waals surface area contributed by atoms with E-state index in [1.54, 1.807) is 0 Å². The zero-order chi connectivity index (χ0) is 10.4. The van der Waals surface area contributed by atoms with E-state index >= 15 is 0 Å². The summed E-state index contributed by atoms with van der Waals surface area (Å²) >= 11 is 1.84. The smallest absolute Gasteiger partial charge is 0.321 e. The van der Waals surface area contributed by atoms with Gasteiger partial charge in [0.05, 0.1) is 7.11 Å². The fourth-order valence-corrected chi connectivity index (χ4v) is 1.54. The molecule has 0 saturated carbocycles. The number of hydrogen-bond donors (Lipinski definition) is 1. The molecule has 5 nitrogen and oxygen atoms in total. The first kappa shape index (κ1) is 11.0. The summed E-state index contributed by atoms with van der Waals surface area (Å²) in [6.07, 6.45) is 0.793. The highest BCUT2D eigenvalue weighted by atomic mass is 32.2. The third kappa shape index (κ3) is 3.37. The summed E-state index contributed by atoms with van der Waals surface area (Å²) in [5.41, 5.74) is 5.49. The summed E-state index contributed by atoms with van der Waals surface area (Å²) in [7, 11) is 1.51. The lowest BCUT2D eigenvalue weighted by molar-refractivity contribution is 0.377. The van der Waals surface area contributed by atoms with E-state index in [9.17, 15) is 0 Å². The maximum atomic E-state index is 5.49. The molecule has 1 aromatic heterocycles. The number of thioether (sulfide) groups is 1. The minimum Gasteiger partial charge on any atom is -0.467 e. The van der Waals surface area contributed by atoms with Gasteiger partial charge in [-0.3, -0.25) is 0 Å². The minimum atomic E-state index is 0.216. The highest BCUT2D eigenvalue weighted by molar-refractivity contribution is 7.99. The lowest BCUT2D eigenvalue weighted by atomic mass is 10.4. The van der Waals surface area contributed by atoms with Gasteiger partial charge >= 0.3 is 6.01 Å². The molecular formula is C8H14N4OS. The van der Waals surface area contributed by atoms with Crippen LogP contribution in [0, 0.1) is 0 Å². The Morgan fingerprint density at radius 2 is 2.14 bits per heavy atom. The molecule has 1 aromatic rings. The van der Waals surface area contributed by atoms with E-state index in [1.165, 1.54) is 7.11 Å². The molecule has 78 valence electrons. The molecule has 0 unspecified atom stereocenters. The van der Waals surface area contributed by atoms with Gasteiger partial charge in [0.2, 0.25) is 5.95 Å². The molecule has 0 saturated heterocycles. The maximum Gasteiger partial charge on any atom is 0.321 e. The summed E-state index contributed by atoms with van der Waals surface area (Å²) in [5.74, 6) is 2.99. The Kier molecular flexibility index (Phi) is 4.45. The number of nitrogen functional groups attached to an aromatic ring is 1. The largest absolute Gasteiger partial charge is 0.467 e. The molecule has 0 bridgehead atoms. The monoisotopic (exact) mass is 214 g/mol. The predicted octanol–water partition coefficient (Wildman–Crippen LogP) is 0.758. The van der Waals surface area contributed by atoms with E-state index < -0.39 is 0 Å². The molecule has 0 fully saturated rings. The standard InChI is InChI=1S/C8H14N4OS/c1-3-14-5-4-6-10-7(9)12-8(11-6)13-2/h3-5H2,1-2H3,(H2,9,10,11,12). The number of rotatable bonds is 5. The van der Waals surface area contributed by atoms with Crippen LogP contribution < -0.4 is 10.5 Å². The Hall–Kier alpha value is -1.04. The third-order valence-electron chi connectivity index (χ3n) is 1.54. The molecular weight excluding hydrogens is 200 g/mol. The summed E-state index contributed by atoms with van der Waals surface area (Å²) in [6, 6.07) is 0.286. The van der Waals surface area contributed by atoms with Crippen LogP contribution in [0.25, 0.3) is 0 Å². The fraction of sp³-hybridized carbons (Fsp3) is 0.625. The fourth-order valence-electron chi connectivity index (χ4n) is 0.927. The molecule has 0 aliphatic rings. The first-order valence-electron chi connectivity index (χ1n) is 4.38. The second-order valence-corrected chi connectivity index (χ2v) is 3.94. The zero-order valence-electron chi connectivity index (χ0n) is 8.36. The molecule has 0 aliphatic heterocycles. The van der Waals surface area contributed by atoms with E-state index in [2.05, 4.69) is 21.9 Å². The highest BCUT2D eigenvalue weighted by Gasteiger charge is 2.03.